The Bertz CT molecular complexity index is 932. The second-order valence-corrected chi connectivity index (χ2v) is 8.82. The molecule has 0 amide bonds. The van der Waals surface area contributed by atoms with Gasteiger partial charge in [-0.25, -0.2) is 8.42 Å². The molecule has 5 nitrogen and oxygen atoms in total. The van der Waals surface area contributed by atoms with E-state index in [0.717, 1.165) is 12.1 Å². The molecule has 0 aromatic heterocycles. The summed E-state index contributed by atoms with van der Waals surface area (Å²) in [5, 5.41) is 9.40. The van der Waals surface area contributed by atoms with Gasteiger partial charge in [0.15, 0.2) is 0 Å². The maximum atomic E-state index is 12.8. The van der Waals surface area contributed by atoms with Crippen molar-refractivity contribution in [2.75, 3.05) is 26.2 Å². The van der Waals surface area contributed by atoms with Gasteiger partial charge in [0.05, 0.1) is 26.6 Å². The summed E-state index contributed by atoms with van der Waals surface area (Å²) in [6.45, 7) is 2.84. The molecule has 0 atom stereocenters. The fraction of sp³-hybridized carbons (Fsp3) is 0.278. The summed E-state index contributed by atoms with van der Waals surface area (Å²) in [6, 6.07) is 13.9. The summed E-state index contributed by atoms with van der Waals surface area (Å²) in [7, 11) is -3.58. The van der Waals surface area contributed by atoms with E-state index < -0.39 is 10.0 Å². The van der Waals surface area contributed by atoms with Crippen molar-refractivity contribution in [3.63, 3.8) is 0 Å². The van der Waals surface area contributed by atoms with Gasteiger partial charge >= 0.3 is 0 Å². The van der Waals surface area contributed by atoms with E-state index in [-0.39, 0.29) is 9.92 Å². The molecule has 0 saturated carbocycles. The predicted molar refractivity (Wildman–Crippen MR) is 102 cm³/mol. The number of hydrogen-bond acceptors (Lipinski definition) is 4. The molecule has 0 bridgehead atoms. The maximum absolute atomic E-state index is 12.8. The summed E-state index contributed by atoms with van der Waals surface area (Å²) in [6.07, 6.45) is 0. The van der Waals surface area contributed by atoms with Gasteiger partial charge in [-0.05, 0) is 35.9 Å². The number of hydrogen-bond donors (Lipinski definition) is 0. The molecule has 3 rings (SSSR count). The molecule has 136 valence electrons. The van der Waals surface area contributed by atoms with E-state index in [4.69, 9.17) is 28.5 Å². The van der Waals surface area contributed by atoms with Crippen LogP contribution in [0.1, 0.15) is 11.1 Å². The average molecular weight is 410 g/mol. The zero-order valence-electron chi connectivity index (χ0n) is 13.9. The molecular weight excluding hydrogens is 393 g/mol. The van der Waals surface area contributed by atoms with Crippen LogP contribution in [0.15, 0.2) is 47.4 Å². The highest BCUT2D eigenvalue weighted by Gasteiger charge is 2.28. The molecule has 1 saturated heterocycles. The van der Waals surface area contributed by atoms with E-state index in [1.165, 1.54) is 22.5 Å². The van der Waals surface area contributed by atoms with Gasteiger partial charge in [-0.1, -0.05) is 35.3 Å². The minimum atomic E-state index is -3.58. The summed E-state index contributed by atoms with van der Waals surface area (Å²) in [5.74, 6) is 0. The van der Waals surface area contributed by atoms with Crippen LogP contribution in [0, 0.1) is 11.3 Å². The molecule has 0 aliphatic carbocycles. The second-order valence-electron chi connectivity index (χ2n) is 6.06. The Hall–Kier alpha value is -1.62. The third-order valence-corrected chi connectivity index (χ3v) is 6.98. The molecule has 0 unspecified atom stereocenters. The maximum Gasteiger partial charge on any atom is 0.243 e. The van der Waals surface area contributed by atoms with Gasteiger partial charge < -0.3 is 0 Å². The van der Waals surface area contributed by atoms with E-state index in [9.17, 15) is 8.42 Å². The topological polar surface area (TPSA) is 64.4 Å². The predicted octanol–water partition coefficient (Wildman–Crippen LogP) is 3.37. The van der Waals surface area contributed by atoms with Crippen molar-refractivity contribution in [3.05, 3.63) is 63.6 Å². The van der Waals surface area contributed by atoms with E-state index in [0.29, 0.717) is 36.8 Å². The van der Waals surface area contributed by atoms with E-state index in [1.54, 1.807) is 12.1 Å². The van der Waals surface area contributed by atoms with E-state index in [2.05, 4.69) is 11.0 Å². The van der Waals surface area contributed by atoms with Crippen molar-refractivity contribution >= 4 is 33.2 Å². The fourth-order valence-electron chi connectivity index (χ4n) is 2.86. The van der Waals surface area contributed by atoms with Gasteiger partial charge in [-0.15, -0.1) is 0 Å². The lowest BCUT2D eigenvalue weighted by molar-refractivity contribution is 0.181. The average Bonchev–Trinajstić information content (AvgIpc) is 2.65. The fourth-order valence-corrected chi connectivity index (χ4v) is 4.67. The van der Waals surface area contributed by atoms with Crippen molar-refractivity contribution in [3.8, 4) is 6.07 Å². The van der Waals surface area contributed by atoms with Gasteiger partial charge in [-0.2, -0.15) is 9.57 Å². The first-order chi connectivity index (χ1) is 12.4. The van der Waals surface area contributed by atoms with Crippen LogP contribution in [-0.2, 0) is 16.6 Å². The highest BCUT2D eigenvalue weighted by molar-refractivity contribution is 7.89. The lowest BCUT2D eigenvalue weighted by atomic mass is 10.1. The lowest BCUT2D eigenvalue weighted by Crippen LogP contribution is -2.48. The van der Waals surface area contributed by atoms with Gasteiger partial charge in [0.1, 0.15) is 0 Å². The number of sulfonamides is 1. The number of nitriles is 1. The third kappa shape index (κ3) is 4.20. The third-order valence-electron chi connectivity index (χ3n) is 4.35. The van der Waals surface area contributed by atoms with Crippen LogP contribution < -0.4 is 0 Å². The van der Waals surface area contributed by atoms with Crippen LogP contribution in [0.2, 0.25) is 10.0 Å². The Morgan fingerprint density at radius 2 is 1.62 bits per heavy atom. The SMILES string of the molecule is N#Cc1ccc(CN2CCN(S(=O)(=O)c3ccc(Cl)c(Cl)c3)CC2)cc1. The standard InChI is InChI=1S/C18H17Cl2N3O2S/c19-17-6-5-16(11-18(17)20)26(24,25)23-9-7-22(8-10-23)13-15-3-1-14(12-21)2-4-15/h1-6,11H,7-10,13H2. The first kappa shape index (κ1) is 19.2. The van der Waals surface area contributed by atoms with Crippen molar-refractivity contribution in [1.29, 1.82) is 5.26 Å². The lowest BCUT2D eigenvalue weighted by Gasteiger charge is -2.34. The highest BCUT2D eigenvalue weighted by atomic mass is 35.5. The molecule has 26 heavy (non-hydrogen) atoms. The molecular formula is C18H17Cl2N3O2S. The molecule has 2 aromatic carbocycles. The van der Waals surface area contributed by atoms with Crippen LogP contribution in [0.3, 0.4) is 0 Å². The van der Waals surface area contributed by atoms with E-state index >= 15 is 0 Å². The monoisotopic (exact) mass is 409 g/mol. The summed E-state index contributed by atoms with van der Waals surface area (Å²) in [5.41, 5.74) is 1.73. The molecule has 0 N–H and O–H groups in total. The van der Waals surface area contributed by atoms with Gasteiger partial charge in [-0.3, -0.25) is 4.90 Å². The molecule has 1 heterocycles. The first-order valence-corrected chi connectivity index (χ1v) is 10.3. The first-order valence-electron chi connectivity index (χ1n) is 8.07. The van der Waals surface area contributed by atoms with Crippen molar-refractivity contribution < 1.29 is 8.42 Å². The van der Waals surface area contributed by atoms with E-state index in [1.807, 2.05) is 12.1 Å². The summed E-state index contributed by atoms with van der Waals surface area (Å²) >= 11 is 11.8. The quantitative estimate of drug-likeness (QED) is 0.776. The molecule has 2 aromatic rings. The number of rotatable bonds is 4. The second kappa shape index (κ2) is 7.95. The Kier molecular flexibility index (Phi) is 5.86. The van der Waals surface area contributed by atoms with Crippen LogP contribution in [0.5, 0.6) is 0 Å². The smallest absolute Gasteiger partial charge is 0.243 e. The highest BCUT2D eigenvalue weighted by Crippen LogP contribution is 2.27. The van der Waals surface area contributed by atoms with Crippen LogP contribution in [0.4, 0.5) is 0 Å². The zero-order valence-corrected chi connectivity index (χ0v) is 16.2. The number of benzene rings is 2. The van der Waals surface area contributed by atoms with Gasteiger partial charge in [0.25, 0.3) is 0 Å². The van der Waals surface area contributed by atoms with Crippen molar-refractivity contribution in [2.45, 2.75) is 11.4 Å². The Labute approximate surface area is 163 Å². The molecule has 0 spiro atoms. The minimum absolute atomic E-state index is 0.160. The van der Waals surface area contributed by atoms with Crippen LogP contribution in [0.25, 0.3) is 0 Å². The molecule has 1 aliphatic heterocycles. The molecule has 0 radical (unpaired) electrons. The Morgan fingerprint density at radius 1 is 0.962 bits per heavy atom. The molecule has 8 heteroatoms. The Balaban J connectivity index is 1.63. The largest absolute Gasteiger partial charge is 0.296 e. The number of piperazine rings is 1. The summed E-state index contributed by atoms with van der Waals surface area (Å²) in [4.78, 5) is 2.36. The van der Waals surface area contributed by atoms with Crippen molar-refractivity contribution in [1.82, 2.24) is 9.21 Å². The normalized spacial score (nSPS) is 16.3. The van der Waals surface area contributed by atoms with Crippen LogP contribution in [-0.4, -0.2) is 43.8 Å². The molecule has 1 fully saturated rings. The molecule has 1 aliphatic rings. The van der Waals surface area contributed by atoms with Crippen molar-refractivity contribution in [2.24, 2.45) is 0 Å². The Morgan fingerprint density at radius 3 is 2.19 bits per heavy atom. The number of halogens is 2. The summed E-state index contributed by atoms with van der Waals surface area (Å²) < 4.78 is 27.0. The van der Waals surface area contributed by atoms with Gasteiger partial charge in [0.2, 0.25) is 10.0 Å². The zero-order chi connectivity index (χ0) is 18.7. The van der Waals surface area contributed by atoms with Gasteiger partial charge in [0, 0.05) is 32.7 Å². The van der Waals surface area contributed by atoms with Crippen LogP contribution >= 0.6 is 23.2 Å². The minimum Gasteiger partial charge on any atom is -0.296 e. The number of nitrogens with zero attached hydrogens (tertiary/aromatic N) is 3.